The number of nitrogens with one attached hydrogen (secondary N) is 1. The highest BCUT2D eigenvalue weighted by atomic mass is 16.5. The van der Waals surface area contributed by atoms with Crippen LogP contribution in [0.3, 0.4) is 0 Å². The molecule has 0 saturated carbocycles. The zero-order valence-corrected chi connectivity index (χ0v) is 13.3. The van der Waals surface area contributed by atoms with E-state index in [0.717, 1.165) is 37.2 Å². The smallest absolute Gasteiger partial charge is 0.224 e. The van der Waals surface area contributed by atoms with Gasteiger partial charge in [-0.05, 0) is 18.9 Å². The molecule has 1 aromatic rings. The number of nitrogens with zero attached hydrogens (tertiary/aromatic N) is 1. The van der Waals surface area contributed by atoms with E-state index in [4.69, 9.17) is 4.74 Å². The third kappa shape index (κ3) is 4.23. The summed E-state index contributed by atoms with van der Waals surface area (Å²) in [4.78, 5) is 25.7. The Morgan fingerprint density at radius 3 is 2.59 bits per heavy atom. The first-order valence-electron chi connectivity index (χ1n) is 7.83. The van der Waals surface area contributed by atoms with Gasteiger partial charge in [-0.1, -0.05) is 25.1 Å². The highest BCUT2D eigenvalue weighted by Gasteiger charge is 2.23. The predicted octanol–water partition coefficient (Wildman–Crippen LogP) is 1.75. The van der Waals surface area contributed by atoms with Gasteiger partial charge in [0.1, 0.15) is 5.75 Å². The summed E-state index contributed by atoms with van der Waals surface area (Å²) in [7, 11) is 1.61. The van der Waals surface area contributed by atoms with Crippen molar-refractivity contribution in [2.45, 2.75) is 38.6 Å². The van der Waals surface area contributed by atoms with Gasteiger partial charge in [0.25, 0.3) is 0 Å². The quantitative estimate of drug-likeness (QED) is 0.901. The number of hydrogen-bond acceptors (Lipinski definition) is 3. The molecule has 0 aliphatic carbocycles. The molecule has 0 bridgehead atoms. The van der Waals surface area contributed by atoms with Crippen molar-refractivity contribution in [2.75, 3.05) is 20.2 Å². The van der Waals surface area contributed by atoms with Crippen LogP contribution in [0.15, 0.2) is 24.3 Å². The van der Waals surface area contributed by atoms with Crippen LogP contribution in [0, 0.1) is 0 Å². The van der Waals surface area contributed by atoms with Gasteiger partial charge < -0.3 is 15.0 Å². The molecule has 1 aromatic carbocycles. The van der Waals surface area contributed by atoms with E-state index in [2.05, 4.69) is 5.32 Å². The number of para-hydroxylation sites is 1. The first-order valence-corrected chi connectivity index (χ1v) is 7.83. The Bertz CT molecular complexity index is 522. The fraction of sp³-hybridized carbons (Fsp3) is 0.529. The van der Waals surface area contributed by atoms with E-state index in [0.29, 0.717) is 12.8 Å². The second-order valence-corrected chi connectivity index (χ2v) is 5.56. The molecule has 0 spiro atoms. The number of piperidine rings is 1. The normalized spacial score (nSPS) is 15.5. The Hall–Kier alpha value is -2.04. The van der Waals surface area contributed by atoms with E-state index >= 15 is 0 Å². The number of hydrogen-bond donors (Lipinski definition) is 1. The molecule has 1 saturated heterocycles. The average molecular weight is 304 g/mol. The van der Waals surface area contributed by atoms with Crippen LogP contribution >= 0.6 is 0 Å². The number of benzene rings is 1. The topological polar surface area (TPSA) is 58.6 Å². The van der Waals surface area contributed by atoms with E-state index in [-0.39, 0.29) is 17.9 Å². The molecule has 2 amide bonds. The molecule has 0 aromatic heterocycles. The SMILES string of the molecule is CCC(=O)N1CCC(NC(=O)Cc2ccccc2OC)CC1. The lowest BCUT2D eigenvalue weighted by molar-refractivity contribution is -0.132. The third-order valence-corrected chi connectivity index (χ3v) is 4.06. The maximum atomic E-state index is 12.2. The van der Waals surface area contributed by atoms with Crippen molar-refractivity contribution in [3.05, 3.63) is 29.8 Å². The number of methoxy groups -OCH3 is 1. The van der Waals surface area contributed by atoms with E-state index in [1.807, 2.05) is 36.1 Å². The number of rotatable bonds is 5. The van der Waals surface area contributed by atoms with Crippen LogP contribution in [-0.2, 0) is 16.0 Å². The van der Waals surface area contributed by atoms with E-state index < -0.39 is 0 Å². The zero-order valence-electron chi connectivity index (χ0n) is 13.3. The minimum Gasteiger partial charge on any atom is -0.496 e. The standard InChI is InChI=1S/C17H24N2O3/c1-3-17(21)19-10-8-14(9-11-19)18-16(20)12-13-6-4-5-7-15(13)22-2/h4-7,14H,3,8-12H2,1-2H3,(H,18,20). The Labute approximate surface area is 131 Å². The van der Waals surface area contributed by atoms with Gasteiger partial charge in [-0.15, -0.1) is 0 Å². The van der Waals surface area contributed by atoms with E-state index in [9.17, 15) is 9.59 Å². The summed E-state index contributed by atoms with van der Waals surface area (Å²) >= 11 is 0. The number of amides is 2. The summed E-state index contributed by atoms with van der Waals surface area (Å²) in [6, 6.07) is 7.71. The average Bonchev–Trinajstić information content (AvgIpc) is 2.55. The van der Waals surface area contributed by atoms with E-state index in [1.54, 1.807) is 7.11 Å². The van der Waals surface area contributed by atoms with Gasteiger partial charge in [0.05, 0.1) is 13.5 Å². The first-order chi connectivity index (χ1) is 10.6. The molecular formula is C17H24N2O3. The van der Waals surface area contributed by atoms with Crippen LogP contribution in [0.25, 0.3) is 0 Å². The van der Waals surface area contributed by atoms with Crippen LogP contribution in [0.4, 0.5) is 0 Å². The van der Waals surface area contributed by atoms with Crippen molar-refractivity contribution in [3.63, 3.8) is 0 Å². The van der Waals surface area contributed by atoms with Crippen molar-refractivity contribution in [3.8, 4) is 5.75 Å². The van der Waals surface area contributed by atoms with Gasteiger partial charge in [0, 0.05) is 31.1 Å². The first kappa shape index (κ1) is 16.3. The lowest BCUT2D eigenvalue weighted by Gasteiger charge is -2.32. The van der Waals surface area contributed by atoms with Gasteiger partial charge >= 0.3 is 0 Å². The molecule has 0 unspecified atom stereocenters. The van der Waals surface area contributed by atoms with Crippen LogP contribution in [0.5, 0.6) is 5.75 Å². The molecule has 1 aliphatic rings. The molecule has 5 nitrogen and oxygen atoms in total. The van der Waals surface area contributed by atoms with Crippen LogP contribution < -0.4 is 10.1 Å². The molecule has 1 heterocycles. The summed E-state index contributed by atoms with van der Waals surface area (Å²) in [6.45, 7) is 3.34. The summed E-state index contributed by atoms with van der Waals surface area (Å²) < 4.78 is 5.26. The minimum atomic E-state index is 0.00441. The lowest BCUT2D eigenvalue weighted by Crippen LogP contribution is -2.46. The van der Waals surface area contributed by atoms with Gasteiger partial charge in [-0.3, -0.25) is 9.59 Å². The van der Waals surface area contributed by atoms with Crippen molar-refractivity contribution in [2.24, 2.45) is 0 Å². The summed E-state index contributed by atoms with van der Waals surface area (Å²) in [5.74, 6) is 0.935. The van der Waals surface area contributed by atoms with Gasteiger partial charge in [0.2, 0.25) is 11.8 Å². The maximum Gasteiger partial charge on any atom is 0.224 e. The van der Waals surface area contributed by atoms with Gasteiger partial charge in [-0.25, -0.2) is 0 Å². The molecule has 1 aliphatic heterocycles. The molecule has 0 atom stereocenters. The Kier molecular flexibility index (Phi) is 5.81. The molecule has 0 radical (unpaired) electrons. The second kappa shape index (κ2) is 7.82. The molecule has 120 valence electrons. The summed E-state index contributed by atoms with van der Waals surface area (Å²) in [5, 5.41) is 3.06. The van der Waals surface area contributed by atoms with Gasteiger partial charge in [-0.2, -0.15) is 0 Å². The van der Waals surface area contributed by atoms with Crippen molar-refractivity contribution < 1.29 is 14.3 Å². The van der Waals surface area contributed by atoms with Crippen molar-refractivity contribution in [1.29, 1.82) is 0 Å². The van der Waals surface area contributed by atoms with Gasteiger partial charge in [0.15, 0.2) is 0 Å². The van der Waals surface area contributed by atoms with Crippen LogP contribution in [-0.4, -0.2) is 43.0 Å². The largest absolute Gasteiger partial charge is 0.496 e. The second-order valence-electron chi connectivity index (χ2n) is 5.56. The predicted molar refractivity (Wildman–Crippen MR) is 84.7 cm³/mol. The monoisotopic (exact) mass is 304 g/mol. The van der Waals surface area contributed by atoms with Crippen molar-refractivity contribution >= 4 is 11.8 Å². The molecule has 1 N–H and O–H groups in total. The molecule has 5 heteroatoms. The highest BCUT2D eigenvalue weighted by molar-refractivity contribution is 5.79. The summed E-state index contributed by atoms with van der Waals surface area (Å²) in [6.07, 6.45) is 2.51. The third-order valence-electron chi connectivity index (χ3n) is 4.06. The Morgan fingerprint density at radius 1 is 1.27 bits per heavy atom. The van der Waals surface area contributed by atoms with Crippen LogP contribution in [0.1, 0.15) is 31.7 Å². The molecule has 2 rings (SSSR count). The fourth-order valence-electron chi connectivity index (χ4n) is 2.80. The highest BCUT2D eigenvalue weighted by Crippen LogP contribution is 2.18. The fourth-order valence-corrected chi connectivity index (χ4v) is 2.80. The summed E-state index contributed by atoms with van der Waals surface area (Å²) in [5.41, 5.74) is 0.890. The maximum absolute atomic E-state index is 12.2. The Morgan fingerprint density at radius 2 is 1.95 bits per heavy atom. The lowest BCUT2D eigenvalue weighted by atomic mass is 10.0. The number of likely N-dealkylation sites (tertiary alicyclic amines) is 1. The molecule has 1 fully saturated rings. The number of carbonyl (C=O) groups is 2. The minimum absolute atomic E-state index is 0.00441. The zero-order chi connectivity index (χ0) is 15.9. The molecule has 22 heavy (non-hydrogen) atoms. The van der Waals surface area contributed by atoms with Crippen molar-refractivity contribution in [1.82, 2.24) is 10.2 Å². The Balaban J connectivity index is 1.82. The molecular weight excluding hydrogens is 280 g/mol. The van der Waals surface area contributed by atoms with Crippen LogP contribution in [0.2, 0.25) is 0 Å². The number of ether oxygens (including phenoxy) is 1. The number of carbonyl (C=O) groups excluding carboxylic acids is 2. The van der Waals surface area contributed by atoms with E-state index in [1.165, 1.54) is 0 Å².